The normalized spacial score (nSPS) is 13.1. The van der Waals surface area contributed by atoms with Gasteiger partial charge in [0.15, 0.2) is 5.65 Å². The molecule has 0 N–H and O–H groups in total. The summed E-state index contributed by atoms with van der Waals surface area (Å²) in [5.74, 6) is 1.34. The molecule has 0 aliphatic rings. The molecule has 1 unspecified atom stereocenters. The van der Waals surface area contributed by atoms with Gasteiger partial charge in [0.25, 0.3) is 0 Å². The van der Waals surface area contributed by atoms with E-state index in [2.05, 4.69) is 41.0 Å². The molecule has 4 nitrogen and oxygen atoms in total. The Hall–Kier alpha value is -1.33. The maximum Gasteiger partial charge on any atom is 0.159 e. The van der Waals surface area contributed by atoms with Crippen molar-refractivity contribution in [2.45, 2.75) is 38.6 Å². The van der Waals surface area contributed by atoms with Gasteiger partial charge in [-0.3, -0.25) is 4.68 Å². The summed E-state index contributed by atoms with van der Waals surface area (Å²) in [6, 6.07) is 4.54. The molecule has 0 amide bonds. The topological polar surface area (TPSA) is 35.6 Å². The Morgan fingerprint density at radius 3 is 2.76 bits per heavy atom. The number of aryl methyl sites for hydroxylation is 2. The molecule has 3 aromatic rings. The van der Waals surface area contributed by atoms with E-state index >= 15 is 0 Å². The Balaban J connectivity index is 2.27. The molecule has 1 atom stereocenters. The van der Waals surface area contributed by atoms with Crippen molar-refractivity contribution in [2.24, 2.45) is 7.05 Å². The van der Waals surface area contributed by atoms with E-state index < -0.39 is 0 Å². The number of aromatic nitrogens is 4. The highest BCUT2D eigenvalue weighted by atomic mass is 35.5. The molecular weight excluding hydrogens is 304 g/mol. The van der Waals surface area contributed by atoms with Gasteiger partial charge in [-0.05, 0) is 24.3 Å². The molecule has 0 spiro atoms. The van der Waals surface area contributed by atoms with Crippen molar-refractivity contribution < 1.29 is 0 Å². The van der Waals surface area contributed by atoms with E-state index in [4.69, 9.17) is 16.6 Å². The van der Waals surface area contributed by atoms with Crippen LogP contribution < -0.4 is 0 Å². The van der Waals surface area contributed by atoms with Crippen molar-refractivity contribution in [1.29, 1.82) is 0 Å². The van der Waals surface area contributed by atoms with Crippen LogP contribution in [0.4, 0.5) is 0 Å². The second-order valence-electron chi connectivity index (χ2n) is 5.07. The fraction of sp³-hybridized carbons (Fsp3) is 0.467. The third kappa shape index (κ3) is 2.28. The molecule has 3 rings (SSSR count). The van der Waals surface area contributed by atoms with E-state index in [1.54, 1.807) is 11.3 Å². The van der Waals surface area contributed by atoms with Gasteiger partial charge in [-0.1, -0.05) is 19.9 Å². The molecular formula is C15H19ClN4S. The minimum Gasteiger partial charge on any atom is -0.303 e. The van der Waals surface area contributed by atoms with Crippen molar-refractivity contribution >= 4 is 34.1 Å². The van der Waals surface area contributed by atoms with E-state index in [0.717, 1.165) is 35.5 Å². The Morgan fingerprint density at radius 1 is 1.38 bits per heavy atom. The van der Waals surface area contributed by atoms with E-state index in [-0.39, 0.29) is 6.04 Å². The van der Waals surface area contributed by atoms with Crippen LogP contribution in [0.1, 0.15) is 42.7 Å². The van der Waals surface area contributed by atoms with Crippen LogP contribution in [0.2, 0.25) is 0 Å². The van der Waals surface area contributed by atoms with Crippen molar-refractivity contribution in [3.8, 4) is 0 Å². The molecule has 0 radical (unpaired) electrons. The second-order valence-corrected chi connectivity index (χ2v) is 6.31. The molecule has 3 aromatic heterocycles. The molecule has 0 saturated heterocycles. The van der Waals surface area contributed by atoms with Gasteiger partial charge in [-0.15, -0.1) is 22.9 Å². The molecule has 0 saturated carbocycles. The van der Waals surface area contributed by atoms with Gasteiger partial charge in [-0.2, -0.15) is 5.10 Å². The maximum absolute atomic E-state index is 6.16. The summed E-state index contributed by atoms with van der Waals surface area (Å²) in [6.45, 7) is 4.31. The lowest BCUT2D eigenvalue weighted by Gasteiger charge is -2.18. The zero-order chi connectivity index (χ0) is 15.0. The molecule has 21 heavy (non-hydrogen) atoms. The SMILES string of the molecule is CCc1nn(C)c2c1nc(CCl)n2C(CC)c1cccs1. The third-order valence-corrected chi connectivity index (χ3v) is 5.05. The first kappa shape index (κ1) is 14.6. The monoisotopic (exact) mass is 322 g/mol. The standard InChI is InChI=1S/C15H19ClN4S/c1-4-10-14-15(19(3)18-10)20(13(9-16)17-14)11(5-2)12-7-6-8-21-12/h6-8,11H,4-5,9H2,1-3H3. The Bertz CT molecular complexity index is 741. The number of alkyl halides is 1. The second kappa shape index (κ2) is 5.81. The number of hydrogen-bond donors (Lipinski definition) is 0. The van der Waals surface area contributed by atoms with Gasteiger partial charge in [0, 0.05) is 11.9 Å². The van der Waals surface area contributed by atoms with Crippen molar-refractivity contribution in [3.05, 3.63) is 33.9 Å². The predicted molar refractivity (Wildman–Crippen MR) is 88.2 cm³/mol. The number of halogens is 1. The van der Waals surface area contributed by atoms with Gasteiger partial charge in [0.1, 0.15) is 11.3 Å². The summed E-state index contributed by atoms with van der Waals surface area (Å²) >= 11 is 7.94. The Labute approximate surface area is 133 Å². The van der Waals surface area contributed by atoms with Crippen LogP contribution in [0.15, 0.2) is 17.5 Å². The average Bonchev–Trinajstić information content (AvgIpc) is 3.18. The first-order valence-corrected chi connectivity index (χ1v) is 8.64. The number of nitrogens with zero attached hydrogens (tertiary/aromatic N) is 4. The summed E-state index contributed by atoms with van der Waals surface area (Å²) in [6.07, 6.45) is 1.88. The zero-order valence-corrected chi connectivity index (χ0v) is 14.1. The fourth-order valence-corrected chi connectivity index (χ4v) is 3.99. The van der Waals surface area contributed by atoms with Crippen LogP contribution in [0.3, 0.4) is 0 Å². The number of thiophene rings is 1. The quantitative estimate of drug-likeness (QED) is 0.662. The lowest BCUT2D eigenvalue weighted by Crippen LogP contribution is -2.13. The van der Waals surface area contributed by atoms with Crippen LogP contribution in [-0.4, -0.2) is 19.3 Å². The highest BCUT2D eigenvalue weighted by molar-refractivity contribution is 7.10. The summed E-state index contributed by atoms with van der Waals surface area (Å²) in [7, 11) is 1.98. The summed E-state index contributed by atoms with van der Waals surface area (Å²) in [5, 5.41) is 6.71. The molecule has 112 valence electrons. The molecule has 6 heteroatoms. The number of fused-ring (bicyclic) bond motifs is 1. The van der Waals surface area contributed by atoms with Crippen molar-refractivity contribution in [1.82, 2.24) is 19.3 Å². The predicted octanol–water partition coefficient (Wildman–Crippen LogP) is 4.13. The highest BCUT2D eigenvalue weighted by Crippen LogP contribution is 2.32. The summed E-state index contributed by atoms with van der Waals surface area (Å²) < 4.78 is 4.20. The van der Waals surface area contributed by atoms with E-state index in [9.17, 15) is 0 Å². The van der Waals surface area contributed by atoms with Crippen LogP contribution in [-0.2, 0) is 19.3 Å². The molecule has 0 bridgehead atoms. The number of imidazole rings is 1. The zero-order valence-electron chi connectivity index (χ0n) is 12.5. The molecule has 0 aliphatic heterocycles. The van der Waals surface area contributed by atoms with Gasteiger partial charge in [-0.25, -0.2) is 4.98 Å². The molecule has 0 fully saturated rings. The summed E-state index contributed by atoms with van der Waals surface area (Å²) in [4.78, 5) is 6.09. The third-order valence-electron chi connectivity index (χ3n) is 3.83. The first-order chi connectivity index (χ1) is 10.2. The highest BCUT2D eigenvalue weighted by Gasteiger charge is 2.24. The molecule has 0 aliphatic carbocycles. The molecule has 0 aromatic carbocycles. The van der Waals surface area contributed by atoms with Crippen LogP contribution in [0, 0.1) is 0 Å². The largest absolute Gasteiger partial charge is 0.303 e. The lowest BCUT2D eigenvalue weighted by atomic mass is 10.2. The minimum atomic E-state index is 0.267. The van der Waals surface area contributed by atoms with E-state index in [1.807, 2.05) is 11.7 Å². The van der Waals surface area contributed by atoms with E-state index in [0.29, 0.717) is 5.88 Å². The number of hydrogen-bond acceptors (Lipinski definition) is 3. The van der Waals surface area contributed by atoms with Gasteiger partial charge >= 0.3 is 0 Å². The van der Waals surface area contributed by atoms with Crippen LogP contribution in [0.25, 0.3) is 11.2 Å². The van der Waals surface area contributed by atoms with E-state index in [1.165, 1.54) is 4.88 Å². The Morgan fingerprint density at radius 2 is 2.19 bits per heavy atom. The van der Waals surface area contributed by atoms with Crippen LogP contribution >= 0.6 is 22.9 Å². The Kier molecular flexibility index (Phi) is 4.04. The van der Waals surface area contributed by atoms with Gasteiger partial charge < -0.3 is 4.57 Å². The maximum atomic E-state index is 6.16. The van der Waals surface area contributed by atoms with Gasteiger partial charge in [0.05, 0.1) is 17.6 Å². The van der Waals surface area contributed by atoms with Gasteiger partial charge in [0.2, 0.25) is 0 Å². The first-order valence-electron chi connectivity index (χ1n) is 7.23. The average molecular weight is 323 g/mol. The number of rotatable bonds is 5. The fourth-order valence-electron chi connectivity index (χ4n) is 2.90. The lowest BCUT2D eigenvalue weighted by molar-refractivity contribution is 0.557. The van der Waals surface area contributed by atoms with Crippen molar-refractivity contribution in [3.63, 3.8) is 0 Å². The van der Waals surface area contributed by atoms with Crippen LogP contribution in [0.5, 0.6) is 0 Å². The minimum absolute atomic E-state index is 0.267. The van der Waals surface area contributed by atoms with Crippen molar-refractivity contribution in [2.75, 3.05) is 0 Å². The summed E-state index contributed by atoms with van der Waals surface area (Å²) in [5.41, 5.74) is 3.10. The smallest absolute Gasteiger partial charge is 0.159 e. The molecule has 3 heterocycles.